The third kappa shape index (κ3) is 3.85. The molecule has 0 amide bonds. The van der Waals surface area contributed by atoms with Gasteiger partial charge in [0, 0.05) is 18.2 Å². The molecule has 1 saturated heterocycles. The molecular weight excluding hydrogens is 243 g/mol. The first-order chi connectivity index (χ1) is 9.06. The lowest BCUT2D eigenvalue weighted by molar-refractivity contribution is 0.0932. The summed E-state index contributed by atoms with van der Waals surface area (Å²) in [4.78, 5) is 16.4. The second-order valence-corrected chi connectivity index (χ2v) is 5.41. The molecule has 0 spiro atoms. The number of likely N-dealkylation sites (N-methyl/N-ethyl adjacent to an activating group) is 2. The summed E-state index contributed by atoms with van der Waals surface area (Å²) < 4.78 is 13.1. The van der Waals surface area contributed by atoms with Crippen molar-refractivity contribution in [2.24, 2.45) is 0 Å². The van der Waals surface area contributed by atoms with Crippen molar-refractivity contribution in [1.82, 2.24) is 9.80 Å². The zero-order valence-corrected chi connectivity index (χ0v) is 11.6. The molecule has 0 bridgehead atoms. The zero-order valence-electron chi connectivity index (χ0n) is 11.6. The van der Waals surface area contributed by atoms with E-state index in [1.54, 1.807) is 12.1 Å². The third-order valence-corrected chi connectivity index (χ3v) is 3.75. The maximum atomic E-state index is 13.1. The molecule has 1 heterocycles. The number of halogens is 1. The van der Waals surface area contributed by atoms with Gasteiger partial charge < -0.3 is 4.90 Å². The number of Topliss-reactive ketones (excluding diaryl/α,β-unsaturated/α-hetero) is 1. The van der Waals surface area contributed by atoms with Crippen LogP contribution in [0.5, 0.6) is 0 Å². The lowest BCUT2D eigenvalue weighted by Crippen LogP contribution is -2.38. The summed E-state index contributed by atoms with van der Waals surface area (Å²) in [6, 6.07) is 6.44. The highest BCUT2D eigenvalue weighted by Crippen LogP contribution is 2.15. The maximum Gasteiger partial charge on any atom is 0.176 e. The second kappa shape index (κ2) is 6.26. The van der Waals surface area contributed by atoms with E-state index < -0.39 is 0 Å². The van der Waals surface area contributed by atoms with Crippen LogP contribution in [0.2, 0.25) is 0 Å². The van der Waals surface area contributed by atoms with E-state index in [4.69, 9.17) is 0 Å². The van der Waals surface area contributed by atoms with Crippen molar-refractivity contribution in [1.29, 1.82) is 0 Å². The van der Waals surface area contributed by atoms with Crippen molar-refractivity contribution >= 4 is 5.78 Å². The van der Waals surface area contributed by atoms with Crippen LogP contribution in [0.1, 0.15) is 23.2 Å². The summed E-state index contributed by atoms with van der Waals surface area (Å²) in [6.45, 7) is 2.36. The van der Waals surface area contributed by atoms with Crippen molar-refractivity contribution in [2.75, 3.05) is 33.7 Å². The van der Waals surface area contributed by atoms with Gasteiger partial charge in [-0.05, 0) is 45.6 Å². The largest absolute Gasteiger partial charge is 0.302 e. The van der Waals surface area contributed by atoms with E-state index in [-0.39, 0.29) is 11.6 Å². The van der Waals surface area contributed by atoms with E-state index in [9.17, 15) is 9.18 Å². The molecule has 0 aromatic heterocycles. The molecule has 1 fully saturated rings. The second-order valence-electron chi connectivity index (χ2n) is 5.41. The Balaban J connectivity index is 1.88. The summed E-state index contributed by atoms with van der Waals surface area (Å²) in [6.07, 6.45) is 2.42. The van der Waals surface area contributed by atoms with Gasteiger partial charge in [0.1, 0.15) is 5.82 Å². The minimum Gasteiger partial charge on any atom is -0.302 e. The average molecular weight is 264 g/mol. The van der Waals surface area contributed by atoms with E-state index in [1.807, 2.05) is 11.9 Å². The summed E-state index contributed by atoms with van der Waals surface area (Å²) in [5.74, 6) is -0.383. The van der Waals surface area contributed by atoms with Gasteiger partial charge in [0.05, 0.1) is 6.54 Å². The predicted molar refractivity (Wildman–Crippen MR) is 73.9 cm³/mol. The molecule has 4 heteroatoms. The Morgan fingerprint density at radius 2 is 2.32 bits per heavy atom. The van der Waals surface area contributed by atoms with E-state index in [0.717, 1.165) is 13.1 Å². The molecule has 0 N–H and O–H groups in total. The summed E-state index contributed by atoms with van der Waals surface area (Å²) in [7, 11) is 4.07. The summed E-state index contributed by atoms with van der Waals surface area (Å²) in [5.41, 5.74) is 0.451. The first-order valence-corrected chi connectivity index (χ1v) is 6.74. The van der Waals surface area contributed by atoms with Crippen LogP contribution in [0.4, 0.5) is 4.39 Å². The van der Waals surface area contributed by atoms with Crippen molar-refractivity contribution < 1.29 is 9.18 Å². The highest BCUT2D eigenvalue weighted by molar-refractivity contribution is 5.97. The van der Waals surface area contributed by atoms with Crippen LogP contribution in [-0.2, 0) is 0 Å². The highest BCUT2D eigenvalue weighted by atomic mass is 19.1. The van der Waals surface area contributed by atoms with Crippen molar-refractivity contribution in [3.05, 3.63) is 35.6 Å². The monoisotopic (exact) mass is 264 g/mol. The van der Waals surface area contributed by atoms with E-state index in [2.05, 4.69) is 11.9 Å². The Hall–Kier alpha value is -1.26. The Labute approximate surface area is 114 Å². The molecule has 1 aliphatic rings. The van der Waals surface area contributed by atoms with Crippen LogP contribution in [0.3, 0.4) is 0 Å². The van der Waals surface area contributed by atoms with E-state index in [0.29, 0.717) is 18.2 Å². The van der Waals surface area contributed by atoms with Gasteiger partial charge in [0.25, 0.3) is 0 Å². The Morgan fingerprint density at radius 1 is 1.53 bits per heavy atom. The molecule has 1 aliphatic heterocycles. The normalized spacial score (nSPS) is 20.1. The smallest absolute Gasteiger partial charge is 0.176 e. The fraction of sp³-hybridized carbons (Fsp3) is 0.533. The molecule has 1 aromatic rings. The Morgan fingerprint density at radius 3 is 2.95 bits per heavy atom. The van der Waals surface area contributed by atoms with Gasteiger partial charge in [-0.25, -0.2) is 4.39 Å². The average Bonchev–Trinajstić information content (AvgIpc) is 2.75. The highest BCUT2D eigenvalue weighted by Gasteiger charge is 2.22. The number of likely N-dealkylation sites (tertiary alicyclic amines) is 1. The summed E-state index contributed by atoms with van der Waals surface area (Å²) >= 11 is 0. The van der Waals surface area contributed by atoms with Gasteiger partial charge in [-0.15, -0.1) is 0 Å². The molecule has 3 nitrogen and oxygen atoms in total. The predicted octanol–water partition coefficient (Wildman–Crippen LogP) is 2.03. The first-order valence-electron chi connectivity index (χ1n) is 6.74. The molecule has 19 heavy (non-hydrogen) atoms. The summed E-state index contributed by atoms with van der Waals surface area (Å²) in [5, 5.41) is 0. The Kier molecular flexibility index (Phi) is 4.66. The van der Waals surface area contributed by atoms with Crippen LogP contribution in [0.15, 0.2) is 24.3 Å². The quantitative estimate of drug-likeness (QED) is 0.760. The molecule has 0 radical (unpaired) electrons. The first kappa shape index (κ1) is 14.2. The van der Waals surface area contributed by atoms with Crippen LogP contribution >= 0.6 is 0 Å². The SMILES string of the molecule is CN(CC(=O)c1cccc(F)c1)CC1CCCN1C. The molecular formula is C15H21FN2O. The van der Waals surface area contributed by atoms with Crippen molar-refractivity contribution in [3.63, 3.8) is 0 Å². The van der Waals surface area contributed by atoms with E-state index >= 15 is 0 Å². The molecule has 1 aromatic carbocycles. The molecule has 0 aliphatic carbocycles. The number of ketones is 1. The van der Waals surface area contributed by atoms with Gasteiger partial charge in [0.15, 0.2) is 5.78 Å². The molecule has 0 saturated carbocycles. The minimum absolute atomic E-state index is 0.0253. The third-order valence-electron chi connectivity index (χ3n) is 3.75. The van der Waals surface area contributed by atoms with Crippen LogP contribution in [0, 0.1) is 5.82 Å². The molecule has 104 valence electrons. The topological polar surface area (TPSA) is 23.6 Å². The number of nitrogens with zero attached hydrogens (tertiary/aromatic N) is 2. The number of hydrogen-bond donors (Lipinski definition) is 0. The number of benzene rings is 1. The molecule has 1 unspecified atom stereocenters. The van der Waals surface area contributed by atoms with Crippen molar-refractivity contribution in [2.45, 2.75) is 18.9 Å². The lowest BCUT2D eigenvalue weighted by atomic mass is 10.1. The fourth-order valence-corrected chi connectivity index (χ4v) is 2.63. The van der Waals surface area contributed by atoms with Crippen LogP contribution < -0.4 is 0 Å². The fourth-order valence-electron chi connectivity index (χ4n) is 2.63. The zero-order chi connectivity index (χ0) is 13.8. The van der Waals surface area contributed by atoms with Gasteiger partial charge in [-0.3, -0.25) is 9.69 Å². The molecule has 2 rings (SSSR count). The van der Waals surface area contributed by atoms with Gasteiger partial charge in [-0.2, -0.15) is 0 Å². The van der Waals surface area contributed by atoms with Crippen LogP contribution in [-0.4, -0.2) is 55.4 Å². The maximum absolute atomic E-state index is 13.1. The lowest BCUT2D eigenvalue weighted by Gasteiger charge is -2.25. The number of hydrogen-bond acceptors (Lipinski definition) is 3. The minimum atomic E-state index is -0.357. The van der Waals surface area contributed by atoms with Gasteiger partial charge >= 0.3 is 0 Å². The van der Waals surface area contributed by atoms with Crippen molar-refractivity contribution in [3.8, 4) is 0 Å². The Bertz CT molecular complexity index is 450. The standard InChI is InChI=1S/C15H21FN2O/c1-17(10-14-7-4-8-18(14)2)11-15(19)12-5-3-6-13(16)9-12/h3,5-6,9,14H,4,7-8,10-11H2,1-2H3. The molecule has 1 atom stereocenters. The van der Waals surface area contributed by atoms with E-state index in [1.165, 1.54) is 25.0 Å². The number of carbonyl (C=O) groups excluding carboxylic acids is 1. The van der Waals surface area contributed by atoms with Gasteiger partial charge in [-0.1, -0.05) is 12.1 Å². The number of carbonyl (C=O) groups is 1. The van der Waals surface area contributed by atoms with Gasteiger partial charge in [0.2, 0.25) is 0 Å². The van der Waals surface area contributed by atoms with Crippen LogP contribution in [0.25, 0.3) is 0 Å². The number of rotatable bonds is 5.